The van der Waals surface area contributed by atoms with Gasteiger partial charge < -0.3 is 19.9 Å². The lowest BCUT2D eigenvalue weighted by Crippen LogP contribution is -2.44. The van der Waals surface area contributed by atoms with E-state index in [1.54, 1.807) is 5.56 Å². The predicted octanol–water partition coefficient (Wildman–Crippen LogP) is 4.82. The predicted molar refractivity (Wildman–Crippen MR) is 131 cm³/mol. The molecule has 39 heavy (non-hydrogen) atoms. The van der Waals surface area contributed by atoms with Gasteiger partial charge >= 0.3 is 23.9 Å². The van der Waals surface area contributed by atoms with Crippen molar-refractivity contribution in [3.63, 3.8) is 0 Å². The molecule has 6 nitrogen and oxygen atoms in total. The minimum Gasteiger partial charge on any atom is -0.375 e. The number of fused-ring (bicyclic) bond motifs is 4. The van der Waals surface area contributed by atoms with Gasteiger partial charge in [0.1, 0.15) is 0 Å². The summed E-state index contributed by atoms with van der Waals surface area (Å²) < 4.78 is 73.0. The molecule has 1 fully saturated rings. The van der Waals surface area contributed by atoms with Crippen LogP contribution in [-0.2, 0) is 27.4 Å². The third-order valence-electron chi connectivity index (χ3n) is 7.61. The maximum absolute atomic E-state index is 11.2. The number of alkyl halides is 6. The van der Waals surface area contributed by atoms with E-state index in [-0.39, 0.29) is 0 Å². The number of anilines is 3. The molecule has 1 saturated heterocycles. The molecule has 4 aliphatic heterocycles. The number of rotatable bonds is 2. The van der Waals surface area contributed by atoms with Crippen molar-refractivity contribution >= 4 is 28.6 Å². The standard InChI is InChI=1S/C23H27N3O.C4F6O2/c1-2-6-21-16(4-1)5-3-9-25(21)18-12-17-15-27-11-10-26-22-7-8-24-14-20(22)19(13-18)23(17)26;5-3(6,7)1(11)2(12)4(8,9)10/h1-2,4,6,12-13,20,22,24H,3,5,7-11,14-15H2;/t20-,22-;/m0./s1. The van der Waals surface area contributed by atoms with E-state index >= 15 is 0 Å². The number of halogens is 6. The fourth-order valence-electron chi connectivity index (χ4n) is 5.98. The number of para-hydroxylation sites is 1. The van der Waals surface area contributed by atoms with Crippen LogP contribution in [-0.4, -0.2) is 62.7 Å². The Balaban J connectivity index is 0.000000220. The zero-order valence-corrected chi connectivity index (χ0v) is 20.9. The highest BCUT2D eigenvalue weighted by molar-refractivity contribution is 6.41. The van der Waals surface area contributed by atoms with E-state index in [1.165, 1.54) is 47.5 Å². The minimum absolute atomic E-state index is 0.616. The van der Waals surface area contributed by atoms with Crippen LogP contribution in [0.25, 0.3) is 0 Å². The van der Waals surface area contributed by atoms with Crippen LogP contribution in [0.15, 0.2) is 36.4 Å². The molecule has 12 heteroatoms. The van der Waals surface area contributed by atoms with Crippen LogP contribution < -0.4 is 15.1 Å². The average molecular weight is 556 g/mol. The van der Waals surface area contributed by atoms with Gasteiger partial charge in [0, 0.05) is 54.2 Å². The third kappa shape index (κ3) is 5.36. The number of carbonyl (C=O) groups excluding carboxylic acids is 2. The molecule has 0 unspecified atom stereocenters. The average Bonchev–Trinajstić information content (AvgIpc) is 3.06. The summed E-state index contributed by atoms with van der Waals surface area (Å²) in [6.45, 7) is 5.96. The summed E-state index contributed by atoms with van der Waals surface area (Å²) in [5.41, 5.74) is 8.64. The van der Waals surface area contributed by atoms with Crippen molar-refractivity contribution in [2.75, 3.05) is 42.6 Å². The van der Waals surface area contributed by atoms with Crippen LogP contribution in [0.5, 0.6) is 0 Å². The molecule has 4 heterocycles. The maximum Gasteiger partial charge on any atom is 0.458 e. The second-order valence-electron chi connectivity index (χ2n) is 9.99. The monoisotopic (exact) mass is 555 g/mol. The minimum atomic E-state index is -5.77. The van der Waals surface area contributed by atoms with Gasteiger partial charge in [-0.3, -0.25) is 9.59 Å². The summed E-state index contributed by atoms with van der Waals surface area (Å²) in [7, 11) is 0. The number of hydrogen-bond donors (Lipinski definition) is 1. The Morgan fingerprint density at radius 2 is 1.67 bits per heavy atom. The van der Waals surface area contributed by atoms with E-state index in [4.69, 9.17) is 4.74 Å². The highest BCUT2D eigenvalue weighted by Gasteiger charge is 2.54. The topological polar surface area (TPSA) is 61.9 Å². The normalized spacial score (nSPS) is 22.1. The van der Waals surface area contributed by atoms with Crippen LogP contribution in [0, 0.1) is 0 Å². The lowest BCUT2D eigenvalue weighted by molar-refractivity contribution is -0.193. The summed E-state index contributed by atoms with van der Waals surface area (Å²) >= 11 is 0. The molecule has 0 spiro atoms. The molecule has 2 aromatic rings. The second kappa shape index (κ2) is 10.5. The number of piperidine rings is 1. The number of aryl methyl sites for hydroxylation is 1. The molecule has 2 aromatic carbocycles. The second-order valence-corrected chi connectivity index (χ2v) is 9.99. The van der Waals surface area contributed by atoms with E-state index in [1.807, 2.05) is 0 Å². The Labute approximate surface area is 220 Å². The Bertz CT molecular complexity index is 1240. The number of benzene rings is 2. The van der Waals surface area contributed by atoms with Crippen molar-refractivity contribution in [2.45, 2.75) is 50.2 Å². The molecule has 0 aliphatic carbocycles. The highest BCUT2D eigenvalue weighted by Crippen LogP contribution is 2.49. The largest absolute Gasteiger partial charge is 0.458 e. The molecule has 6 rings (SSSR count). The number of ether oxygens (including phenoxy) is 1. The summed E-state index contributed by atoms with van der Waals surface area (Å²) in [4.78, 5) is 24.4. The summed E-state index contributed by atoms with van der Waals surface area (Å²) in [5.74, 6) is -6.20. The van der Waals surface area contributed by atoms with Crippen molar-refractivity contribution < 1.29 is 40.7 Å². The lowest BCUT2D eigenvalue weighted by atomic mass is 9.89. The summed E-state index contributed by atoms with van der Waals surface area (Å²) in [6, 6.07) is 14.5. The number of carbonyl (C=O) groups is 2. The van der Waals surface area contributed by atoms with Crippen LogP contribution in [0.1, 0.15) is 35.4 Å². The van der Waals surface area contributed by atoms with Gasteiger partial charge in [-0.1, -0.05) is 18.2 Å². The van der Waals surface area contributed by atoms with Gasteiger partial charge in [-0.2, -0.15) is 26.3 Å². The molecule has 0 radical (unpaired) electrons. The van der Waals surface area contributed by atoms with Crippen molar-refractivity contribution in [2.24, 2.45) is 0 Å². The van der Waals surface area contributed by atoms with Gasteiger partial charge in [-0.05, 0) is 55.1 Å². The number of Topliss-reactive ketones (excluding diaryl/α,β-unsaturated/α-hetero) is 2. The summed E-state index contributed by atoms with van der Waals surface area (Å²) in [6.07, 6.45) is -7.89. The molecule has 0 amide bonds. The van der Waals surface area contributed by atoms with Crippen LogP contribution in [0.4, 0.5) is 43.4 Å². The van der Waals surface area contributed by atoms with E-state index < -0.39 is 23.9 Å². The van der Waals surface area contributed by atoms with Gasteiger partial charge in [0.15, 0.2) is 0 Å². The molecule has 210 valence electrons. The molecule has 0 bridgehead atoms. The van der Waals surface area contributed by atoms with E-state index in [9.17, 15) is 35.9 Å². The molecule has 2 atom stereocenters. The first-order valence-electron chi connectivity index (χ1n) is 12.8. The molecule has 4 aliphatic rings. The van der Waals surface area contributed by atoms with Crippen LogP contribution in [0.3, 0.4) is 0 Å². The van der Waals surface area contributed by atoms with E-state index in [0.717, 1.165) is 39.4 Å². The Morgan fingerprint density at radius 3 is 2.38 bits per heavy atom. The fraction of sp³-hybridized carbons (Fsp3) is 0.481. The molecular formula is C27H27F6N3O3. The Morgan fingerprint density at radius 1 is 0.949 bits per heavy atom. The maximum atomic E-state index is 11.2. The van der Waals surface area contributed by atoms with Crippen molar-refractivity contribution in [1.82, 2.24) is 5.32 Å². The van der Waals surface area contributed by atoms with E-state index in [0.29, 0.717) is 12.0 Å². The first-order chi connectivity index (χ1) is 18.5. The SMILES string of the molecule is O=C(C(=O)C(F)(F)F)C(F)(F)F.c1ccc2c(c1)CCCN2c1cc2c3c(c1)[C@@H]1CNCC[C@@H]1N3CCOC2. The van der Waals surface area contributed by atoms with Gasteiger partial charge in [0.05, 0.1) is 13.2 Å². The molecular weight excluding hydrogens is 528 g/mol. The Kier molecular flexibility index (Phi) is 7.36. The van der Waals surface area contributed by atoms with Gasteiger partial charge in [0.2, 0.25) is 0 Å². The summed E-state index contributed by atoms with van der Waals surface area (Å²) in [5, 5.41) is 3.64. The molecule has 0 saturated carbocycles. The number of ketones is 2. The van der Waals surface area contributed by atoms with Crippen molar-refractivity contribution in [3.8, 4) is 0 Å². The molecule has 0 aromatic heterocycles. The zero-order valence-electron chi connectivity index (χ0n) is 20.9. The number of hydrogen-bond acceptors (Lipinski definition) is 6. The highest BCUT2D eigenvalue weighted by atomic mass is 19.4. The number of nitrogens with one attached hydrogen (secondary N) is 1. The zero-order chi connectivity index (χ0) is 27.9. The van der Waals surface area contributed by atoms with Crippen molar-refractivity contribution in [3.05, 3.63) is 53.1 Å². The Hall–Kier alpha value is -3.12. The van der Waals surface area contributed by atoms with Crippen LogP contribution in [0.2, 0.25) is 0 Å². The smallest absolute Gasteiger partial charge is 0.375 e. The van der Waals surface area contributed by atoms with Gasteiger partial charge in [-0.25, -0.2) is 0 Å². The van der Waals surface area contributed by atoms with Crippen molar-refractivity contribution in [1.29, 1.82) is 0 Å². The molecule has 1 N–H and O–H groups in total. The lowest BCUT2D eigenvalue weighted by Gasteiger charge is -2.33. The third-order valence-corrected chi connectivity index (χ3v) is 7.61. The quantitative estimate of drug-likeness (QED) is 0.424. The van der Waals surface area contributed by atoms with E-state index in [2.05, 4.69) is 51.5 Å². The van der Waals surface area contributed by atoms with Gasteiger partial charge in [0.25, 0.3) is 0 Å². The fourth-order valence-corrected chi connectivity index (χ4v) is 5.98. The first-order valence-corrected chi connectivity index (χ1v) is 12.8. The van der Waals surface area contributed by atoms with Crippen LogP contribution >= 0.6 is 0 Å². The first kappa shape index (κ1) is 27.4. The number of nitrogens with zero attached hydrogens (tertiary/aromatic N) is 2. The van der Waals surface area contributed by atoms with Gasteiger partial charge in [-0.15, -0.1) is 0 Å².